The van der Waals surface area contributed by atoms with Gasteiger partial charge >= 0.3 is 12.6 Å². The van der Waals surface area contributed by atoms with Gasteiger partial charge in [-0.15, -0.1) is 11.3 Å². The zero-order valence-corrected chi connectivity index (χ0v) is 14.1. The number of alkyl halides is 2. The quantitative estimate of drug-likeness (QED) is 0.898. The first-order chi connectivity index (χ1) is 11.9. The van der Waals surface area contributed by atoms with Gasteiger partial charge < -0.3 is 14.7 Å². The molecule has 1 aromatic carbocycles. The van der Waals surface area contributed by atoms with Gasteiger partial charge in [0, 0.05) is 18.0 Å². The molecule has 2 heterocycles. The fourth-order valence-corrected chi connectivity index (χ4v) is 3.85. The van der Waals surface area contributed by atoms with Crippen LogP contribution in [-0.4, -0.2) is 35.0 Å². The van der Waals surface area contributed by atoms with E-state index in [1.807, 2.05) is 0 Å². The number of carboxylic acids is 1. The molecule has 1 aliphatic rings. The molecule has 1 unspecified atom stereocenters. The smallest absolute Gasteiger partial charge is 0.387 e. The number of nitrogens with zero attached hydrogens (tertiary/aromatic N) is 1. The highest BCUT2D eigenvalue weighted by molar-refractivity contribution is 7.14. The van der Waals surface area contributed by atoms with Crippen LogP contribution in [-0.2, 0) is 11.3 Å². The number of hydrogen-bond donors (Lipinski definition) is 1. The first kappa shape index (κ1) is 17.3. The standard InChI is InChI=1S/C17H15F2NO4S/c1-9-6-13(24-17(18)19)14(25-9)15(21)20-7-10-4-2-3-5-11(10)12(8-20)16(22)23/h2-6,12,17H,7-8H2,1H3,(H,22,23). The van der Waals surface area contributed by atoms with Crippen molar-refractivity contribution < 1.29 is 28.2 Å². The van der Waals surface area contributed by atoms with Crippen molar-refractivity contribution in [2.24, 2.45) is 0 Å². The normalized spacial score (nSPS) is 16.6. The Balaban J connectivity index is 1.93. The lowest BCUT2D eigenvalue weighted by Gasteiger charge is -2.32. The maximum Gasteiger partial charge on any atom is 0.387 e. The molecule has 3 rings (SSSR count). The van der Waals surface area contributed by atoms with Crippen LogP contribution in [0.5, 0.6) is 5.75 Å². The fourth-order valence-electron chi connectivity index (χ4n) is 2.94. The molecule has 0 radical (unpaired) electrons. The number of carboxylic acid groups (broad SMARTS) is 1. The summed E-state index contributed by atoms with van der Waals surface area (Å²) in [6, 6.07) is 8.41. The maximum absolute atomic E-state index is 12.8. The highest BCUT2D eigenvalue weighted by Gasteiger charge is 2.34. The lowest BCUT2D eigenvalue weighted by molar-refractivity contribution is -0.139. The van der Waals surface area contributed by atoms with Crippen molar-refractivity contribution >= 4 is 23.2 Å². The second-order valence-corrected chi connectivity index (χ2v) is 6.96. The Kier molecular flexibility index (Phi) is 4.71. The van der Waals surface area contributed by atoms with Gasteiger partial charge in [0.2, 0.25) is 0 Å². The van der Waals surface area contributed by atoms with Crippen molar-refractivity contribution in [1.29, 1.82) is 0 Å². The summed E-state index contributed by atoms with van der Waals surface area (Å²) in [4.78, 5) is 26.5. The van der Waals surface area contributed by atoms with E-state index < -0.39 is 24.4 Å². The van der Waals surface area contributed by atoms with E-state index in [-0.39, 0.29) is 23.7 Å². The SMILES string of the molecule is Cc1cc(OC(F)F)c(C(=O)N2Cc3ccccc3C(C(=O)O)C2)s1. The summed E-state index contributed by atoms with van der Waals surface area (Å²) in [6.07, 6.45) is 0. The van der Waals surface area contributed by atoms with Gasteiger partial charge in [-0.2, -0.15) is 8.78 Å². The van der Waals surface area contributed by atoms with Crippen molar-refractivity contribution in [3.8, 4) is 5.75 Å². The summed E-state index contributed by atoms with van der Waals surface area (Å²) in [5.41, 5.74) is 1.41. The van der Waals surface area contributed by atoms with E-state index in [1.54, 1.807) is 31.2 Å². The number of fused-ring (bicyclic) bond motifs is 1. The number of aryl methyl sites for hydroxylation is 1. The fraction of sp³-hybridized carbons (Fsp3) is 0.294. The van der Waals surface area contributed by atoms with Crippen LogP contribution in [0.15, 0.2) is 30.3 Å². The van der Waals surface area contributed by atoms with Gasteiger partial charge in [-0.05, 0) is 24.1 Å². The Morgan fingerprint density at radius 3 is 2.76 bits per heavy atom. The van der Waals surface area contributed by atoms with Crippen molar-refractivity contribution in [2.45, 2.75) is 26.0 Å². The number of aliphatic carboxylic acids is 1. The number of ether oxygens (including phenoxy) is 1. The lowest BCUT2D eigenvalue weighted by atomic mass is 9.89. The molecule has 0 saturated carbocycles. The average molecular weight is 367 g/mol. The Morgan fingerprint density at radius 1 is 1.36 bits per heavy atom. The Hall–Kier alpha value is -2.48. The molecule has 25 heavy (non-hydrogen) atoms. The van der Waals surface area contributed by atoms with Gasteiger partial charge in [-0.1, -0.05) is 24.3 Å². The molecule has 2 aromatic rings. The number of carbonyl (C=O) groups is 2. The molecule has 0 spiro atoms. The van der Waals surface area contributed by atoms with E-state index in [0.717, 1.165) is 16.9 Å². The molecule has 0 bridgehead atoms. The average Bonchev–Trinajstić information content (AvgIpc) is 2.92. The number of carbonyl (C=O) groups excluding carboxylic acids is 1. The molecular weight excluding hydrogens is 352 g/mol. The minimum Gasteiger partial charge on any atom is -0.481 e. The van der Waals surface area contributed by atoms with Gasteiger partial charge in [0.15, 0.2) is 0 Å². The second kappa shape index (κ2) is 6.79. The van der Waals surface area contributed by atoms with E-state index in [2.05, 4.69) is 4.74 Å². The molecule has 132 valence electrons. The molecule has 1 amide bonds. The Labute approximate surface area is 146 Å². The molecule has 1 atom stereocenters. The van der Waals surface area contributed by atoms with Crippen LogP contribution in [0.3, 0.4) is 0 Å². The zero-order chi connectivity index (χ0) is 18.1. The van der Waals surface area contributed by atoms with E-state index in [0.29, 0.717) is 10.4 Å². The number of amides is 1. The Morgan fingerprint density at radius 2 is 2.08 bits per heavy atom. The largest absolute Gasteiger partial charge is 0.481 e. The lowest BCUT2D eigenvalue weighted by Crippen LogP contribution is -2.40. The van der Waals surface area contributed by atoms with Crippen LogP contribution >= 0.6 is 11.3 Å². The van der Waals surface area contributed by atoms with Crippen LogP contribution in [0.1, 0.15) is 31.6 Å². The first-order valence-electron chi connectivity index (χ1n) is 7.52. The van der Waals surface area contributed by atoms with Crippen molar-refractivity contribution in [2.75, 3.05) is 6.54 Å². The summed E-state index contributed by atoms with van der Waals surface area (Å²) in [6.45, 7) is -1.14. The monoisotopic (exact) mass is 367 g/mol. The maximum atomic E-state index is 12.8. The van der Waals surface area contributed by atoms with E-state index >= 15 is 0 Å². The summed E-state index contributed by atoms with van der Waals surface area (Å²) in [5, 5.41) is 9.47. The predicted octanol–water partition coefficient (Wildman–Crippen LogP) is 3.48. The number of thiophene rings is 1. The minimum absolute atomic E-state index is 0.0176. The first-order valence-corrected chi connectivity index (χ1v) is 8.33. The molecule has 0 fully saturated rings. The predicted molar refractivity (Wildman–Crippen MR) is 87.2 cm³/mol. The molecule has 0 aliphatic carbocycles. The Bertz CT molecular complexity index is 821. The molecular formula is C17H15F2NO4S. The van der Waals surface area contributed by atoms with E-state index in [9.17, 15) is 23.5 Å². The number of benzene rings is 1. The summed E-state index contributed by atoms with van der Waals surface area (Å²) in [7, 11) is 0. The van der Waals surface area contributed by atoms with Gasteiger partial charge in [0.25, 0.3) is 5.91 Å². The van der Waals surface area contributed by atoms with Crippen molar-refractivity contribution in [1.82, 2.24) is 4.90 Å². The van der Waals surface area contributed by atoms with Crippen molar-refractivity contribution in [3.63, 3.8) is 0 Å². The molecule has 8 heteroatoms. The number of halogens is 2. The van der Waals surface area contributed by atoms with Crippen LogP contribution in [0.25, 0.3) is 0 Å². The number of rotatable bonds is 4. The van der Waals surface area contributed by atoms with Crippen LogP contribution in [0.2, 0.25) is 0 Å². The third kappa shape index (κ3) is 3.48. The highest BCUT2D eigenvalue weighted by atomic mass is 32.1. The third-order valence-electron chi connectivity index (χ3n) is 4.01. The van der Waals surface area contributed by atoms with Gasteiger partial charge in [-0.3, -0.25) is 9.59 Å². The van der Waals surface area contributed by atoms with E-state index in [4.69, 9.17) is 0 Å². The molecule has 1 aromatic heterocycles. The van der Waals surface area contributed by atoms with Crippen LogP contribution < -0.4 is 4.74 Å². The molecule has 1 aliphatic heterocycles. The van der Waals surface area contributed by atoms with Gasteiger partial charge in [-0.25, -0.2) is 0 Å². The summed E-state index contributed by atoms with van der Waals surface area (Å²) in [5.74, 6) is -2.56. The van der Waals surface area contributed by atoms with Crippen LogP contribution in [0.4, 0.5) is 8.78 Å². The van der Waals surface area contributed by atoms with Crippen molar-refractivity contribution in [3.05, 3.63) is 51.2 Å². The molecule has 0 saturated heterocycles. The zero-order valence-electron chi connectivity index (χ0n) is 13.2. The highest BCUT2D eigenvalue weighted by Crippen LogP contribution is 2.35. The minimum atomic E-state index is -3.03. The molecule has 5 nitrogen and oxygen atoms in total. The number of hydrogen-bond acceptors (Lipinski definition) is 4. The van der Waals surface area contributed by atoms with E-state index in [1.165, 1.54) is 11.0 Å². The summed E-state index contributed by atoms with van der Waals surface area (Å²) >= 11 is 1.05. The van der Waals surface area contributed by atoms with Gasteiger partial charge in [0.1, 0.15) is 10.6 Å². The second-order valence-electron chi connectivity index (χ2n) is 5.70. The topological polar surface area (TPSA) is 66.8 Å². The third-order valence-corrected chi connectivity index (χ3v) is 5.03. The summed E-state index contributed by atoms with van der Waals surface area (Å²) < 4.78 is 29.6. The van der Waals surface area contributed by atoms with Crippen LogP contribution in [0, 0.1) is 6.92 Å². The molecule has 1 N–H and O–H groups in total. The van der Waals surface area contributed by atoms with Gasteiger partial charge in [0.05, 0.1) is 5.92 Å².